The van der Waals surface area contributed by atoms with Crippen LogP contribution in [-0.2, 0) is 4.74 Å². The number of hydrogen-bond acceptors (Lipinski definition) is 10. The number of β-amino-alcohol motifs (C(OH)–C–C–N with tert-alkyl or cyclic N) is 1. The summed E-state index contributed by atoms with van der Waals surface area (Å²) in [6, 6.07) is 8.44. The molecule has 0 saturated carbocycles. The first-order valence-corrected chi connectivity index (χ1v) is 22.5. The molecule has 2 N–H and O–H groups in total. The number of ether oxygens (including phenoxy) is 2. The largest absolute Gasteiger partial charge is 0.461 e. The van der Waals surface area contributed by atoms with Gasteiger partial charge in [-0.05, 0) is 61.1 Å². The lowest BCUT2D eigenvalue weighted by Crippen LogP contribution is -2.43. The summed E-state index contributed by atoms with van der Waals surface area (Å²) < 4.78 is 27.8. The highest BCUT2D eigenvalue weighted by Gasteiger charge is 2.49. The van der Waals surface area contributed by atoms with Crippen molar-refractivity contribution in [1.29, 1.82) is 0 Å². The van der Waals surface area contributed by atoms with E-state index in [2.05, 4.69) is 74.0 Å². The maximum absolute atomic E-state index is 14.6. The number of aromatic nitrogens is 5. The molecule has 0 spiro atoms. The number of alkyl halides is 1. The zero-order valence-corrected chi connectivity index (χ0v) is 34.3. The molecule has 1 aromatic carbocycles. The zero-order chi connectivity index (χ0) is 38.0. The number of fused-ring (bicyclic) bond motifs is 5. The number of nitrogens with one attached hydrogen (secondary N) is 1. The van der Waals surface area contributed by atoms with Gasteiger partial charge in [0.05, 0.1) is 40.9 Å². The van der Waals surface area contributed by atoms with Crippen LogP contribution in [0.4, 0.5) is 10.2 Å². The number of thiophene rings is 1. The normalized spacial score (nSPS) is 23.9. The van der Waals surface area contributed by atoms with E-state index in [1.165, 1.54) is 11.3 Å². The van der Waals surface area contributed by atoms with Gasteiger partial charge in [0.1, 0.15) is 48.5 Å². The van der Waals surface area contributed by atoms with E-state index in [0.29, 0.717) is 61.7 Å². The third kappa shape index (κ3) is 6.37. The molecule has 3 fully saturated rings. The molecule has 13 heteroatoms. The number of rotatable bonds is 8. The molecule has 5 aromatic rings. The van der Waals surface area contributed by atoms with Gasteiger partial charge in [-0.1, -0.05) is 53.5 Å². The summed E-state index contributed by atoms with van der Waals surface area (Å²) in [6.45, 7) is 19.0. The Balaban J connectivity index is 1.27. The quantitative estimate of drug-likeness (QED) is 0.120. The van der Waals surface area contributed by atoms with Gasteiger partial charge in [-0.15, -0.1) is 16.9 Å². The van der Waals surface area contributed by atoms with Gasteiger partial charge in [0.2, 0.25) is 0 Å². The van der Waals surface area contributed by atoms with Gasteiger partial charge in [0, 0.05) is 42.0 Å². The van der Waals surface area contributed by atoms with E-state index in [4.69, 9.17) is 29.5 Å². The van der Waals surface area contributed by atoms with Crippen LogP contribution >= 0.6 is 11.3 Å². The molecule has 0 amide bonds. The van der Waals surface area contributed by atoms with Gasteiger partial charge >= 0.3 is 6.01 Å². The molecule has 0 bridgehead atoms. The van der Waals surface area contributed by atoms with Crippen molar-refractivity contribution < 1.29 is 19.0 Å². The zero-order valence-electron chi connectivity index (χ0n) is 32.5. The van der Waals surface area contributed by atoms with Gasteiger partial charge in [0.25, 0.3) is 0 Å². The standard InChI is InChI=1S/C41H52FN7O3SSi/c1-25(2)54(26(3)4,27(5)6)19-13-28-10-8-11-31-32(28)34(47-46-31)35-36-30(12-15-43-35)33-37(48-17-18-51-23-40(7,50)22-48)44-39(45-38(33)53-36)52-24-41-14-9-16-49(41)21-29(42)20-41/h8,10-12,15,25-27,29,50H,9,14,16-18,20-24H2,1-7H3,(H,46,47)/t29-,40+,41+/m1/s1. The van der Waals surface area contributed by atoms with Crippen LogP contribution in [0, 0.1) is 11.5 Å². The average molecular weight is 770 g/mol. The van der Waals surface area contributed by atoms with Crippen LogP contribution in [0.2, 0.25) is 16.6 Å². The van der Waals surface area contributed by atoms with Crippen molar-refractivity contribution in [2.24, 2.45) is 0 Å². The van der Waals surface area contributed by atoms with Crippen LogP contribution < -0.4 is 9.64 Å². The minimum atomic E-state index is -1.99. The Morgan fingerprint density at radius 1 is 1.09 bits per heavy atom. The summed E-state index contributed by atoms with van der Waals surface area (Å²) in [5.41, 5.74) is 7.39. The molecule has 54 heavy (non-hydrogen) atoms. The second kappa shape index (κ2) is 14.1. The van der Waals surface area contributed by atoms with Crippen LogP contribution in [0.5, 0.6) is 6.01 Å². The van der Waals surface area contributed by atoms with Crippen molar-refractivity contribution in [3.8, 4) is 28.9 Å². The van der Waals surface area contributed by atoms with E-state index in [9.17, 15) is 9.50 Å². The van der Waals surface area contributed by atoms with Gasteiger partial charge in [-0.25, -0.2) is 4.39 Å². The summed E-state index contributed by atoms with van der Waals surface area (Å²) in [5, 5.41) is 22.2. The molecule has 0 radical (unpaired) electrons. The molecule has 3 saturated heterocycles. The number of aliphatic hydroxyl groups is 1. The fourth-order valence-electron chi connectivity index (χ4n) is 9.81. The Morgan fingerprint density at radius 2 is 1.89 bits per heavy atom. The molecule has 3 aliphatic rings. The Kier molecular flexibility index (Phi) is 9.74. The molecule has 4 aromatic heterocycles. The average Bonchev–Trinajstić information content (AvgIpc) is 3.86. The highest BCUT2D eigenvalue weighted by Crippen LogP contribution is 2.45. The van der Waals surface area contributed by atoms with Crippen molar-refractivity contribution >= 4 is 56.4 Å². The fourth-order valence-corrected chi connectivity index (χ4v) is 16.2. The van der Waals surface area contributed by atoms with E-state index < -0.39 is 19.8 Å². The minimum Gasteiger partial charge on any atom is -0.461 e. The first-order valence-electron chi connectivity index (χ1n) is 19.5. The lowest BCUT2D eigenvalue weighted by atomic mass is 9.95. The molecule has 10 nitrogen and oxygen atoms in total. The molecule has 0 unspecified atom stereocenters. The van der Waals surface area contributed by atoms with Crippen LogP contribution in [0.1, 0.15) is 73.3 Å². The first kappa shape index (κ1) is 37.3. The van der Waals surface area contributed by atoms with Crippen LogP contribution in [0.25, 0.3) is 42.6 Å². The molecule has 8 rings (SSSR count). The fraction of sp³-hybridized carbons (Fsp3) is 0.561. The maximum Gasteiger partial charge on any atom is 0.319 e. The monoisotopic (exact) mass is 769 g/mol. The van der Waals surface area contributed by atoms with E-state index in [0.717, 1.165) is 67.5 Å². The summed E-state index contributed by atoms with van der Waals surface area (Å²) in [5.74, 6) is 4.37. The van der Waals surface area contributed by atoms with Crippen LogP contribution in [0.3, 0.4) is 0 Å². The van der Waals surface area contributed by atoms with Gasteiger partial charge in [-0.3, -0.25) is 15.0 Å². The molecule has 7 heterocycles. The van der Waals surface area contributed by atoms with Gasteiger partial charge < -0.3 is 19.5 Å². The molecule has 286 valence electrons. The number of halogens is 1. The molecular formula is C41H52FN7O3SSi. The van der Waals surface area contributed by atoms with Gasteiger partial charge in [-0.2, -0.15) is 15.1 Å². The number of nitrogens with zero attached hydrogens (tertiary/aromatic N) is 6. The lowest BCUT2D eigenvalue weighted by Gasteiger charge is -2.38. The molecule has 0 aliphatic carbocycles. The van der Waals surface area contributed by atoms with Crippen molar-refractivity contribution in [1.82, 2.24) is 30.0 Å². The van der Waals surface area contributed by atoms with Crippen LogP contribution in [-0.4, -0.2) is 107 Å². The third-order valence-electron chi connectivity index (χ3n) is 12.3. The molecular weight excluding hydrogens is 718 g/mol. The van der Waals surface area contributed by atoms with E-state index in [1.807, 2.05) is 24.4 Å². The second-order valence-corrected chi connectivity index (χ2v) is 23.5. The number of aromatic amines is 1. The number of H-pyrrole nitrogens is 1. The Labute approximate surface area is 321 Å². The lowest BCUT2D eigenvalue weighted by molar-refractivity contribution is -0.0123. The third-order valence-corrected chi connectivity index (χ3v) is 19.7. The van der Waals surface area contributed by atoms with Gasteiger partial charge in [0.15, 0.2) is 0 Å². The van der Waals surface area contributed by atoms with Crippen molar-refractivity contribution in [2.45, 2.75) is 102 Å². The Bertz CT molecular complexity index is 2240. The topological polar surface area (TPSA) is 113 Å². The number of hydrogen-bond donors (Lipinski definition) is 2. The summed E-state index contributed by atoms with van der Waals surface area (Å²) in [7, 11) is -1.99. The summed E-state index contributed by atoms with van der Waals surface area (Å²) in [6.07, 6.45) is 3.36. The molecule has 3 atom stereocenters. The number of anilines is 1. The maximum atomic E-state index is 14.6. The van der Waals surface area contributed by atoms with E-state index in [1.54, 1.807) is 6.92 Å². The minimum absolute atomic E-state index is 0.231. The highest BCUT2D eigenvalue weighted by atomic mass is 32.1. The first-order chi connectivity index (χ1) is 25.8. The van der Waals surface area contributed by atoms with Crippen molar-refractivity contribution in [3.05, 3.63) is 36.0 Å². The number of pyridine rings is 1. The summed E-state index contributed by atoms with van der Waals surface area (Å²) in [4.78, 5) is 20.1. The predicted octanol–water partition coefficient (Wildman–Crippen LogP) is 7.90. The smallest absolute Gasteiger partial charge is 0.319 e. The number of benzene rings is 1. The Morgan fingerprint density at radius 3 is 2.67 bits per heavy atom. The van der Waals surface area contributed by atoms with E-state index >= 15 is 0 Å². The Hall–Kier alpha value is -3.67. The molecule has 3 aliphatic heterocycles. The van der Waals surface area contributed by atoms with Crippen molar-refractivity contribution in [2.75, 3.05) is 50.9 Å². The SMILES string of the molecule is CC(C)[Si](C#Cc1cccc2[nH]nc(-c3nccc4c3sc3nc(OC[C@@]56CCCN5C[C@H](F)C6)nc(N5CCOC[C@@](C)(O)C5)c34)c12)(C(C)C)C(C)C. The van der Waals surface area contributed by atoms with E-state index in [-0.39, 0.29) is 18.2 Å². The second-order valence-electron chi connectivity index (χ2n) is 16.9. The van der Waals surface area contributed by atoms with Crippen LogP contribution in [0.15, 0.2) is 30.5 Å². The van der Waals surface area contributed by atoms with Crippen molar-refractivity contribution in [3.63, 3.8) is 0 Å². The highest BCUT2D eigenvalue weighted by molar-refractivity contribution is 7.26. The predicted molar refractivity (Wildman–Crippen MR) is 218 cm³/mol. The summed E-state index contributed by atoms with van der Waals surface area (Å²) >= 11 is 1.54.